The molecule has 0 aliphatic carbocycles. The Morgan fingerprint density at radius 2 is 2.41 bits per heavy atom. The normalized spacial score (nSPS) is 19.2. The molecule has 0 saturated carbocycles. The standard InChI is InChI=1S/C10H16N4OS2/c1-2-11-10-14-13-9(17-10)8(15)12-6-7-4-3-5-16-7/h7H,2-6H2,1H3,(H,11,14)(H,12,15). The maximum atomic E-state index is 11.8. The summed E-state index contributed by atoms with van der Waals surface area (Å²) >= 11 is 3.23. The molecule has 2 heterocycles. The topological polar surface area (TPSA) is 66.9 Å². The Hall–Kier alpha value is -0.820. The minimum Gasteiger partial charge on any atom is -0.360 e. The number of hydrogen-bond acceptors (Lipinski definition) is 6. The van der Waals surface area contributed by atoms with E-state index in [2.05, 4.69) is 20.8 Å². The summed E-state index contributed by atoms with van der Waals surface area (Å²) in [4.78, 5) is 11.8. The summed E-state index contributed by atoms with van der Waals surface area (Å²) in [7, 11) is 0. The number of anilines is 1. The Bertz CT molecular complexity index is 376. The fourth-order valence-electron chi connectivity index (χ4n) is 1.63. The third kappa shape index (κ3) is 3.57. The number of rotatable bonds is 5. The number of thioether (sulfide) groups is 1. The molecule has 0 aromatic carbocycles. The van der Waals surface area contributed by atoms with Crippen molar-refractivity contribution in [3.05, 3.63) is 5.01 Å². The van der Waals surface area contributed by atoms with E-state index in [9.17, 15) is 4.79 Å². The van der Waals surface area contributed by atoms with E-state index in [1.807, 2.05) is 18.7 Å². The summed E-state index contributed by atoms with van der Waals surface area (Å²) in [6.07, 6.45) is 2.46. The van der Waals surface area contributed by atoms with Crippen molar-refractivity contribution in [2.45, 2.75) is 25.0 Å². The molecular formula is C10H16N4OS2. The van der Waals surface area contributed by atoms with Gasteiger partial charge in [-0.25, -0.2) is 0 Å². The molecule has 7 heteroatoms. The van der Waals surface area contributed by atoms with E-state index in [0.717, 1.165) is 13.1 Å². The van der Waals surface area contributed by atoms with Crippen molar-refractivity contribution in [2.24, 2.45) is 0 Å². The molecule has 0 spiro atoms. The van der Waals surface area contributed by atoms with Gasteiger partial charge in [-0.1, -0.05) is 11.3 Å². The zero-order chi connectivity index (χ0) is 12.1. The van der Waals surface area contributed by atoms with Crippen LogP contribution in [-0.4, -0.2) is 40.2 Å². The van der Waals surface area contributed by atoms with Crippen LogP contribution in [0.3, 0.4) is 0 Å². The molecule has 1 aromatic heterocycles. The number of nitrogens with one attached hydrogen (secondary N) is 2. The molecule has 1 fully saturated rings. The zero-order valence-corrected chi connectivity index (χ0v) is 11.4. The van der Waals surface area contributed by atoms with E-state index in [-0.39, 0.29) is 5.91 Å². The summed E-state index contributed by atoms with van der Waals surface area (Å²) in [5, 5.41) is 15.4. The Kier molecular flexibility index (Phi) is 4.61. The molecule has 94 valence electrons. The largest absolute Gasteiger partial charge is 0.360 e. The Morgan fingerprint density at radius 3 is 3.12 bits per heavy atom. The second-order valence-corrected chi connectivity index (χ2v) is 6.17. The van der Waals surface area contributed by atoms with E-state index in [4.69, 9.17) is 0 Å². The maximum absolute atomic E-state index is 11.8. The first-order chi connectivity index (χ1) is 8.29. The average Bonchev–Trinajstić information content (AvgIpc) is 2.97. The number of nitrogens with zero attached hydrogens (tertiary/aromatic N) is 2. The zero-order valence-electron chi connectivity index (χ0n) is 9.73. The number of carbonyl (C=O) groups is 1. The third-order valence-corrected chi connectivity index (χ3v) is 4.74. The fourth-order valence-corrected chi connectivity index (χ4v) is 3.55. The SMILES string of the molecule is CCNc1nnc(C(=O)NCC2CCCS2)s1. The monoisotopic (exact) mass is 272 g/mol. The van der Waals surface area contributed by atoms with Gasteiger partial charge < -0.3 is 10.6 Å². The summed E-state index contributed by atoms with van der Waals surface area (Å²) in [6.45, 7) is 3.51. The van der Waals surface area contributed by atoms with Crippen molar-refractivity contribution < 1.29 is 4.79 Å². The van der Waals surface area contributed by atoms with Crippen LogP contribution in [-0.2, 0) is 0 Å². The van der Waals surface area contributed by atoms with E-state index in [1.54, 1.807) is 0 Å². The molecule has 1 saturated heterocycles. The smallest absolute Gasteiger partial charge is 0.282 e. The number of hydrogen-bond donors (Lipinski definition) is 2. The lowest BCUT2D eigenvalue weighted by Crippen LogP contribution is -2.29. The van der Waals surface area contributed by atoms with Crippen molar-refractivity contribution in [2.75, 3.05) is 24.2 Å². The van der Waals surface area contributed by atoms with Crippen LogP contribution in [0, 0.1) is 0 Å². The quantitative estimate of drug-likeness (QED) is 0.852. The van der Waals surface area contributed by atoms with Crippen LogP contribution in [0.5, 0.6) is 0 Å². The lowest BCUT2D eigenvalue weighted by atomic mass is 10.2. The molecule has 1 aromatic rings. The van der Waals surface area contributed by atoms with Crippen molar-refractivity contribution in [3.8, 4) is 0 Å². The van der Waals surface area contributed by atoms with Crippen LogP contribution in [0.4, 0.5) is 5.13 Å². The van der Waals surface area contributed by atoms with Gasteiger partial charge in [0.25, 0.3) is 5.91 Å². The highest BCUT2D eigenvalue weighted by molar-refractivity contribution is 8.00. The molecule has 1 aliphatic rings. The molecule has 2 rings (SSSR count). The predicted octanol–water partition coefficient (Wildman–Crippen LogP) is 1.60. The van der Waals surface area contributed by atoms with Crippen LogP contribution in [0.1, 0.15) is 29.6 Å². The van der Waals surface area contributed by atoms with Crippen LogP contribution in [0.2, 0.25) is 0 Å². The number of aromatic nitrogens is 2. The van der Waals surface area contributed by atoms with Crippen LogP contribution in [0.25, 0.3) is 0 Å². The number of carbonyl (C=O) groups excluding carboxylic acids is 1. The Morgan fingerprint density at radius 1 is 1.53 bits per heavy atom. The first-order valence-electron chi connectivity index (χ1n) is 5.76. The van der Waals surface area contributed by atoms with Gasteiger partial charge in [-0.3, -0.25) is 4.79 Å². The molecular weight excluding hydrogens is 256 g/mol. The summed E-state index contributed by atoms with van der Waals surface area (Å²) in [5.41, 5.74) is 0. The summed E-state index contributed by atoms with van der Waals surface area (Å²) in [6, 6.07) is 0. The van der Waals surface area contributed by atoms with Gasteiger partial charge in [0.2, 0.25) is 10.1 Å². The van der Waals surface area contributed by atoms with Gasteiger partial charge >= 0.3 is 0 Å². The van der Waals surface area contributed by atoms with Gasteiger partial charge in [0.1, 0.15) is 0 Å². The van der Waals surface area contributed by atoms with E-state index >= 15 is 0 Å². The molecule has 2 N–H and O–H groups in total. The van der Waals surface area contributed by atoms with Crippen LogP contribution >= 0.6 is 23.1 Å². The van der Waals surface area contributed by atoms with Crippen molar-refractivity contribution >= 4 is 34.1 Å². The highest BCUT2D eigenvalue weighted by Crippen LogP contribution is 2.25. The molecule has 5 nitrogen and oxygen atoms in total. The van der Waals surface area contributed by atoms with Gasteiger partial charge in [0, 0.05) is 18.3 Å². The summed E-state index contributed by atoms with van der Waals surface area (Å²) in [5.74, 6) is 1.10. The highest BCUT2D eigenvalue weighted by Gasteiger charge is 2.18. The second kappa shape index (κ2) is 6.20. The van der Waals surface area contributed by atoms with Gasteiger partial charge in [-0.15, -0.1) is 10.2 Å². The minimum absolute atomic E-state index is 0.112. The lowest BCUT2D eigenvalue weighted by Gasteiger charge is -2.08. The molecule has 1 aliphatic heterocycles. The molecule has 1 unspecified atom stereocenters. The van der Waals surface area contributed by atoms with Crippen molar-refractivity contribution in [1.82, 2.24) is 15.5 Å². The Balaban J connectivity index is 1.81. The van der Waals surface area contributed by atoms with Gasteiger partial charge in [0.15, 0.2) is 0 Å². The molecule has 1 amide bonds. The van der Waals surface area contributed by atoms with Crippen molar-refractivity contribution in [1.29, 1.82) is 0 Å². The van der Waals surface area contributed by atoms with Crippen molar-refractivity contribution in [3.63, 3.8) is 0 Å². The van der Waals surface area contributed by atoms with Gasteiger partial charge in [0.05, 0.1) is 0 Å². The molecule has 0 radical (unpaired) electrons. The molecule has 1 atom stereocenters. The maximum Gasteiger partial charge on any atom is 0.282 e. The van der Waals surface area contributed by atoms with Crippen LogP contribution < -0.4 is 10.6 Å². The molecule has 0 bridgehead atoms. The lowest BCUT2D eigenvalue weighted by molar-refractivity contribution is 0.0952. The Labute approximate surface area is 109 Å². The van der Waals surface area contributed by atoms with E-state index in [1.165, 1.54) is 29.9 Å². The number of amides is 1. The van der Waals surface area contributed by atoms with Crippen LogP contribution in [0.15, 0.2) is 0 Å². The van der Waals surface area contributed by atoms with Gasteiger partial charge in [-0.05, 0) is 25.5 Å². The third-order valence-electron chi connectivity index (χ3n) is 2.46. The average molecular weight is 272 g/mol. The minimum atomic E-state index is -0.112. The highest BCUT2D eigenvalue weighted by atomic mass is 32.2. The van der Waals surface area contributed by atoms with E-state index in [0.29, 0.717) is 15.4 Å². The van der Waals surface area contributed by atoms with Gasteiger partial charge in [-0.2, -0.15) is 11.8 Å². The molecule has 17 heavy (non-hydrogen) atoms. The first-order valence-corrected chi connectivity index (χ1v) is 7.63. The fraction of sp³-hybridized carbons (Fsp3) is 0.700. The first kappa shape index (κ1) is 12.6. The second-order valence-electron chi connectivity index (χ2n) is 3.79. The summed E-state index contributed by atoms with van der Waals surface area (Å²) < 4.78 is 0. The van der Waals surface area contributed by atoms with E-state index < -0.39 is 0 Å². The predicted molar refractivity (Wildman–Crippen MR) is 71.9 cm³/mol.